The van der Waals surface area contributed by atoms with Gasteiger partial charge in [-0.05, 0) is 59.6 Å². The molecule has 6 rings (SSSR count). The number of benzene rings is 3. The van der Waals surface area contributed by atoms with Crippen molar-refractivity contribution in [3.05, 3.63) is 120 Å². The first-order valence-electron chi connectivity index (χ1n) is 14.4. The van der Waals surface area contributed by atoms with E-state index in [0.717, 1.165) is 38.7 Å². The van der Waals surface area contributed by atoms with Crippen molar-refractivity contribution in [2.75, 3.05) is 0 Å². The van der Waals surface area contributed by atoms with E-state index in [9.17, 15) is 10.4 Å². The van der Waals surface area contributed by atoms with Crippen LogP contribution in [0, 0.1) is 11.2 Å². The zero-order valence-corrected chi connectivity index (χ0v) is 23.6. The topological polar surface area (TPSA) is 88.3 Å². The lowest BCUT2D eigenvalue weighted by atomic mass is 9.35. The number of nitrogens with zero attached hydrogens (tertiary/aromatic N) is 3. The summed E-state index contributed by atoms with van der Waals surface area (Å²) < 4.78 is 12.3. The number of rotatable bonds is 8. The largest absolute Gasteiger partial charge is 0.473 e. The van der Waals surface area contributed by atoms with Gasteiger partial charge < -0.3 is 14.6 Å². The molecular weight excluding hydrogens is 521 g/mol. The van der Waals surface area contributed by atoms with Gasteiger partial charge in [-0.3, -0.25) is 4.98 Å². The standard InChI is InChI=1S/C35H32BN3O3/c1-25-20-35(40,16-17-36(25)24-37)30-12-14-32-28(19-30)18-29(21-38-32)31-13-15-33(41-22-26-8-4-2-5-9-26)39-34(31)42-23-27-10-6-3-7-11-27/h2-15,18-19,21,25,40H,16-17,20,22-23H2,1H3. The third-order valence-electron chi connectivity index (χ3n) is 8.19. The molecule has 1 saturated heterocycles. The quantitative estimate of drug-likeness (QED) is 0.202. The van der Waals surface area contributed by atoms with E-state index >= 15 is 0 Å². The van der Waals surface area contributed by atoms with Crippen molar-refractivity contribution in [2.24, 2.45) is 0 Å². The lowest BCUT2D eigenvalue weighted by molar-refractivity contribution is 0.0173. The monoisotopic (exact) mass is 553 g/mol. The van der Waals surface area contributed by atoms with Crippen molar-refractivity contribution < 1.29 is 14.6 Å². The number of aliphatic hydroxyl groups is 1. The van der Waals surface area contributed by atoms with E-state index in [2.05, 4.69) is 19.0 Å². The molecule has 1 N–H and O–H groups in total. The third kappa shape index (κ3) is 6.00. The fourth-order valence-electron chi connectivity index (χ4n) is 5.77. The number of pyridine rings is 2. The molecule has 2 aromatic heterocycles. The zero-order chi connectivity index (χ0) is 28.9. The maximum absolute atomic E-state index is 11.6. The summed E-state index contributed by atoms with van der Waals surface area (Å²) in [7, 11) is 0. The van der Waals surface area contributed by atoms with Crippen LogP contribution >= 0.6 is 0 Å². The highest BCUT2D eigenvalue weighted by atomic mass is 16.5. The van der Waals surface area contributed by atoms with E-state index in [4.69, 9.17) is 19.4 Å². The van der Waals surface area contributed by atoms with Crippen molar-refractivity contribution in [3.63, 3.8) is 0 Å². The van der Waals surface area contributed by atoms with Crippen molar-refractivity contribution in [1.82, 2.24) is 9.97 Å². The first-order valence-corrected chi connectivity index (χ1v) is 14.4. The second-order valence-corrected chi connectivity index (χ2v) is 11.2. The molecular formula is C35H32BN3O3. The lowest BCUT2D eigenvalue weighted by Crippen LogP contribution is -2.37. The molecule has 5 aromatic rings. The Kier molecular flexibility index (Phi) is 7.90. The predicted molar refractivity (Wildman–Crippen MR) is 165 cm³/mol. The van der Waals surface area contributed by atoms with Gasteiger partial charge >= 0.3 is 0 Å². The van der Waals surface area contributed by atoms with E-state index < -0.39 is 5.60 Å². The van der Waals surface area contributed by atoms with Crippen LogP contribution in [0.1, 0.15) is 36.5 Å². The second-order valence-electron chi connectivity index (χ2n) is 11.2. The molecule has 3 aromatic carbocycles. The summed E-state index contributed by atoms with van der Waals surface area (Å²) >= 11 is 0. The minimum absolute atomic E-state index is 0.0135. The first kappa shape index (κ1) is 27.5. The Bertz CT molecular complexity index is 1730. The van der Waals surface area contributed by atoms with Crippen LogP contribution in [0.3, 0.4) is 0 Å². The Hall–Kier alpha value is -4.67. The Labute approximate surface area is 246 Å². The number of ether oxygens (including phenoxy) is 2. The van der Waals surface area contributed by atoms with E-state index in [-0.39, 0.29) is 12.5 Å². The number of aromatic nitrogens is 2. The molecule has 0 spiro atoms. The molecule has 0 saturated carbocycles. The van der Waals surface area contributed by atoms with Crippen LogP contribution < -0.4 is 9.47 Å². The van der Waals surface area contributed by atoms with Crippen LogP contribution in [0.5, 0.6) is 11.8 Å². The van der Waals surface area contributed by atoms with Crippen molar-refractivity contribution in [1.29, 1.82) is 5.26 Å². The van der Waals surface area contributed by atoms with E-state index in [1.807, 2.05) is 97.2 Å². The molecule has 0 aliphatic carbocycles. The second kappa shape index (κ2) is 12.1. The summed E-state index contributed by atoms with van der Waals surface area (Å²) in [5.74, 6) is 3.47. The van der Waals surface area contributed by atoms with Gasteiger partial charge in [0.05, 0.1) is 11.1 Å². The van der Waals surface area contributed by atoms with Gasteiger partial charge in [-0.25, -0.2) is 5.26 Å². The summed E-state index contributed by atoms with van der Waals surface area (Å²) in [6, 6.07) is 31.8. The van der Waals surface area contributed by atoms with Crippen LogP contribution in [0.2, 0.25) is 12.1 Å². The van der Waals surface area contributed by atoms with Crippen molar-refractivity contribution >= 4 is 17.6 Å². The van der Waals surface area contributed by atoms with Gasteiger partial charge in [0.1, 0.15) is 13.2 Å². The molecule has 2 atom stereocenters. The van der Waals surface area contributed by atoms with Gasteiger partial charge in [-0.1, -0.05) is 80.0 Å². The van der Waals surface area contributed by atoms with Crippen LogP contribution in [0.25, 0.3) is 22.0 Å². The first-order chi connectivity index (χ1) is 20.5. The average Bonchev–Trinajstić information content (AvgIpc) is 3.03. The van der Waals surface area contributed by atoms with Crippen LogP contribution in [-0.4, -0.2) is 21.8 Å². The van der Waals surface area contributed by atoms with Gasteiger partial charge in [0.15, 0.2) is 0 Å². The summed E-state index contributed by atoms with van der Waals surface area (Å²) in [6.45, 7) is 2.81. The van der Waals surface area contributed by atoms with Gasteiger partial charge in [0.2, 0.25) is 11.8 Å². The van der Waals surface area contributed by atoms with Gasteiger partial charge in [-0.15, -0.1) is 0 Å². The molecule has 42 heavy (non-hydrogen) atoms. The Morgan fingerprint density at radius 3 is 2.33 bits per heavy atom. The summed E-state index contributed by atoms with van der Waals surface area (Å²) in [5.41, 5.74) is 4.50. The number of fused-ring (bicyclic) bond motifs is 1. The lowest BCUT2D eigenvalue weighted by Gasteiger charge is -2.37. The molecule has 208 valence electrons. The minimum Gasteiger partial charge on any atom is -0.473 e. The molecule has 0 bridgehead atoms. The Morgan fingerprint density at radius 2 is 1.64 bits per heavy atom. The smallest absolute Gasteiger partial charge is 0.270 e. The molecule has 1 aliphatic rings. The Morgan fingerprint density at radius 1 is 0.929 bits per heavy atom. The highest BCUT2D eigenvalue weighted by Gasteiger charge is 2.41. The number of nitriles is 1. The van der Waals surface area contributed by atoms with Crippen molar-refractivity contribution in [2.45, 2.75) is 50.7 Å². The van der Waals surface area contributed by atoms with E-state index in [1.165, 1.54) is 0 Å². The summed E-state index contributed by atoms with van der Waals surface area (Å²) in [4.78, 5) is 9.47. The van der Waals surface area contributed by atoms with Gasteiger partial charge in [0.25, 0.3) is 6.71 Å². The number of hydrogen-bond acceptors (Lipinski definition) is 6. The fourth-order valence-corrected chi connectivity index (χ4v) is 5.77. The highest BCUT2D eigenvalue weighted by Crippen LogP contribution is 2.43. The highest BCUT2D eigenvalue weighted by molar-refractivity contribution is 6.68. The fraction of sp³-hybridized carbons (Fsp3) is 0.229. The third-order valence-corrected chi connectivity index (χ3v) is 8.19. The van der Waals surface area contributed by atoms with E-state index in [1.54, 1.807) is 0 Å². The molecule has 1 fully saturated rings. The SMILES string of the molecule is CC1CC(O)(c2ccc3ncc(-c4ccc(OCc5ccccc5)nc4OCc4ccccc4)cc3c2)CCB1C#N. The Balaban J connectivity index is 1.32. The molecule has 0 radical (unpaired) electrons. The summed E-state index contributed by atoms with van der Waals surface area (Å²) in [6.07, 6.45) is 3.65. The minimum atomic E-state index is -0.958. The van der Waals surface area contributed by atoms with E-state index in [0.29, 0.717) is 44.1 Å². The molecule has 1 aliphatic heterocycles. The van der Waals surface area contributed by atoms with Gasteiger partial charge in [0, 0.05) is 34.7 Å². The molecule has 2 unspecified atom stereocenters. The summed E-state index contributed by atoms with van der Waals surface area (Å²) in [5, 5.41) is 22.0. The van der Waals surface area contributed by atoms with Gasteiger partial charge in [-0.2, -0.15) is 4.98 Å². The molecule has 3 heterocycles. The maximum Gasteiger partial charge on any atom is 0.270 e. The molecule has 0 amide bonds. The molecule has 7 heteroatoms. The van der Waals surface area contributed by atoms with Crippen LogP contribution in [0.4, 0.5) is 0 Å². The van der Waals surface area contributed by atoms with Crippen molar-refractivity contribution in [3.8, 4) is 28.9 Å². The predicted octanol–water partition coefficient (Wildman–Crippen LogP) is 7.38. The molecule has 6 nitrogen and oxygen atoms in total. The average molecular weight is 553 g/mol. The van der Waals surface area contributed by atoms with Crippen LogP contribution in [0.15, 0.2) is 103 Å². The maximum atomic E-state index is 11.6. The van der Waals surface area contributed by atoms with Crippen LogP contribution in [-0.2, 0) is 18.8 Å². The normalized spacial score (nSPS) is 18.4. The number of hydrogen-bond donors (Lipinski definition) is 1. The zero-order valence-electron chi connectivity index (χ0n) is 23.6.